The van der Waals surface area contributed by atoms with Crippen LogP contribution in [-0.4, -0.2) is 61.8 Å². The van der Waals surface area contributed by atoms with Crippen LogP contribution in [0.15, 0.2) is 12.1 Å². The van der Waals surface area contributed by atoms with Crippen molar-refractivity contribution in [2.75, 3.05) is 29.5 Å². The van der Waals surface area contributed by atoms with Crippen molar-refractivity contribution < 1.29 is 9.90 Å². The molecule has 0 bridgehead atoms. The molecule has 4 N–H and O–H groups in total. The molecule has 0 aliphatic carbocycles. The lowest BCUT2D eigenvalue weighted by Crippen LogP contribution is -2.70. The van der Waals surface area contributed by atoms with E-state index in [0.29, 0.717) is 12.4 Å². The Bertz CT molecular complexity index is 814. The van der Waals surface area contributed by atoms with Gasteiger partial charge in [-0.3, -0.25) is 0 Å². The number of aromatic nitrogens is 4. The van der Waals surface area contributed by atoms with Crippen LogP contribution in [0.4, 0.5) is 22.5 Å². The van der Waals surface area contributed by atoms with Gasteiger partial charge in [-0.05, 0) is 0 Å². The van der Waals surface area contributed by atoms with Gasteiger partial charge in [-0.1, -0.05) is 34.8 Å². The number of rotatable bonds is 4. The average Bonchev–Trinajstić information content (AvgIpc) is 2.49. The zero-order valence-electron chi connectivity index (χ0n) is 13.3. The zero-order chi connectivity index (χ0) is 19.0. The van der Waals surface area contributed by atoms with Gasteiger partial charge in [0.1, 0.15) is 27.4 Å². The Labute approximate surface area is 162 Å². The number of anilines is 3. The third kappa shape index (κ3) is 3.76. The molecule has 13 heteroatoms. The largest absolute Gasteiger partial charge is 0.465 e. The normalized spacial score (nSPS) is 19.0. The number of hydrogen-bond acceptors (Lipinski definition) is 8. The number of halogens is 3. The second-order valence-electron chi connectivity index (χ2n) is 5.45. The number of likely N-dealkylation sites (N-methyl/N-ethyl adjacent to an activating group) is 1. The summed E-state index contributed by atoms with van der Waals surface area (Å²) in [5.74, 6) is 0.584. The summed E-state index contributed by atoms with van der Waals surface area (Å²) < 4.78 is 0. The third-order valence-corrected chi connectivity index (χ3v) is 4.40. The summed E-state index contributed by atoms with van der Waals surface area (Å²) in [4.78, 5) is 30.3. The first-order chi connectivity index (χ1) is 12.2. The number of nitrogens with two attached hydrogens (primary N) is 1. The summed E-state index contributed by atoms with van der Waals surface area (Å²) in [5, 5.41) is 12.8. The van der Waals surface area contributed by atoms with Crippen LogP contribution in [0, 0.1) is 0 Å². The molecule has 1 saturated heterocycles. The zero-order valence-corrected chi connectivity index (χ0v) is 15.5. The number of amides is 1. The molecule has 1 amide bonds. The molecule has 2 atom stereocenters. The Morgan fingerprint density at radius 2 is 1.85 bits per heavy atom. The van der Waals surface area contributed by atoms with Gasteiger partial charge in [0.05, 0.1) is 6.04 Å². The van der Waals surface area contributed by atoms with Crippen LogP contribution >= 0.6 is 34.8 Å². The van der Waals surface area contributed by atoms with Gasteiger partial charge in [0.15, 0.2) is 0 Å². The minimum Gasteiger partial charge on any atom is -0.465 e. The van der Waals surface area contributed by atoms with Gasteiger partial charge in [-0.25, -0.2) is 19.7 Å². The van der Waals surface area contributed by atoms with E-state index in [1.165, 1.54) is 24.1 Å². The summed E-state index contributed by atoms with van der Waals surface area (Å²) in [5.41, 5.74) is 5.64. The minimum absolute atomic E-state index is 0.00309. The molecular weight excluding hydrogens is 407 g/mol. The fourth-order valence-corrected chi connectivity index (χ4v) is 3.13. The first-order valence-corrected chi connectivity index (χ1v) is 8.37. The van der Waals surface area contributed by atoms with Crippen LogP contribution < -0.4 is 16.0 Å². The molecule has 2 aromatic heterocycles. The van der Waals surface area contributed by atoms with Crippen LogP contribution in [0.1, 0.15) is 0 Å². The van der Waals surface area contributed by atoms with Crippen LogP contribution in [0.5, 0.6) is 0 Å². The van der Waals surface area contributed by atoms with E-state index >= 15 is 0 Å². The Kier molecular flexibility index (Phi) is 5.08. The van der Waals surface area contributed by atoms with Crippen molar-refractivity contribution in [2.24, 2.45) is 0 Å². The highest BCUT2D eigenvalue weighted by Gasteiger charge is 2.44. The molecule has 1 fully saturated rings. The summed E-state index contributed by atoms with van der Waals surface area (Å²) in [6.07, 6.45) is -1.62. The van der Waals surface area contributed by atoms with Crippen molar-refractivity contribution in [3.8, 4) is 0 Å². The highest BCUT2D eigenvalue weighted by atomic mass is 35.5. The minimum atomic E-state index is -1.08. The predicted molar refractivity (Wildman–Crippen MR) is 97.8 cm³/mol. The topological polar surface area (TPSA) is 133 Å². The van der Waals surface area contributed by atoms with E-state index in [2.05, 4.69) is 25.3 Å². The van der Waals surface area contributed by atoms with Gasteiger partial charge in [-0.2, -0.15) is 4.98 Å². The lowest BCUT2D eigenvalue weighted by Gasteiger charge is -2.51. The molecule has 3 heterocycles. The maximum Gasteiger partial charge on any atom is 0.407 e. The van der Waals surface area contributed by atoms with E-state index in [1.807, 2.05) is 0 Å². The number of nitrogen functional groups attached to an aromatic ring is 1. The van der Waals surface area contributed by atoms with Crippen LogP contribution in [0.2, 0.25) is 15.5 Å². The summed E-state index contributed by atoms with van der Waals surface area (Å²) >= 11 is 17.7. The lowest BCUT2D eigenvalue weighted by atomic mass is 10.0. The van der Waals surface area contributed by atoms with E-state index in [-0.39, 0.29) is 27.4 Å². The molecule has 1 aliphatic heterocycles. The SMILES string of the molecule is CN(C(=O)O)C1CN(c2cc(Cl)nc(N)n2)C1Nc1nc(Cl)cc(Cl)n1. The van der Waals surface area contributed by atoms with Crippen molar-refractivity contribution in [1.29, 1.82) is 0 Å². The first kappa shape index (κ1) is 18.5. The smallest absolute Gasteiger partial charge is 0.407 e. The van der Waals surface area contributed by atoms with Crippen molar-refractivity contribution in [2.45, 2.75) is 12.2 Å². The number of carboxylic acid groups (broad SMARTS) is 1. The predicted octanol–water partition coefficient (Wildman–Crippen LogP) is 2.05. The van der Waals surface area contributed by atoms with Crippen molar-refractivity contribution in [1.82, 2.24) is 24.8 Å². The Morgan fingerprint density at radius 3 is 2.42 bits per heavy atom. The maximum absolute atomic E-state index is 11.3. The number of nitrogens with one attached hydrogen (secondary N) is 1. The van der Waals surface area contributed by atoms with Gasteiger partial charge in [0.25, 0.3) is 0 Å². The molecule has 138 valence electrons. The van der Waals surface area contributed by atoms with Crippen LogP contribution in [0.3, 0.4) is 0 Å². The Hall–Kier alpha value is -2.30. The molecule has 0 saturated carbocycles. The van der Waals surface area contributed by atoms with E-state index in [9.17, 15) is 9.90 Å². The van der Waals surface area contributed by atoms with Crippen LogP contribution in [0.25, 0.3) is 0 Å². The van der Waals surface area contributed by atoms with Gasteiger partial charge < -0.3 is 26.0 Å². The second-order valence-corrected chi connectivity index (χ2v) is 6.61. The molecule has 26 heavy (non-hydrogen) atoms. The highest BCUT2D eigenvalue weighted by Crippen LogP contribution is 2.30. The molecule has 2 aromatic rings. The summed E-state index contributed by atoms with van der Waals surface area (Å²) in [6, 6.07) is 2.50. The fourth-order valence-electron chi connectivity index (χ4n) is 2.53. The molecule has 3 rings (SSSR count). The molecule has 0 aromatic carbocycles. The molecule has 2 unspecified atom stereocenters. The second kappa shape index (κ2) is 7.14. The molecule has 10 nitrogen and oxygen atoms in total. The van der Waals surface area contributed by atoms with E-state index in [4.69, 9.17) is 40.5 Å². The van der Waals surface area contributed by atoms with Gasteiger partial charge in [0, 0.05) is 25.7 Å². The van der Waals surface area contributed by atoms with Crippen molar-refractivity contribution >= 4 is 58.6 Å². The molecule has 0 radical (unpaired) electrons. The average molecular weight is 420 g/mol. The molecule has 1 aliphatic rings. The number of nitrogens with zero attached hydrogens (tertiary/aromatic N) is 6. The Balaban J connectivity index is 1.91. The molecular formula is C13H13Cl3N8O2. The quantitative estimate of drug-likeness (QED) is 0.636. The summed E-state index contributed by atoms with van der Waals surface area (Å²) in [6.45, 7) is 0.349. The number of carbonyl (C=O) groups is 1. The standard InChI is InChI=1S/C13H13Cl3N8O2/c1-23(13(25)26)5-4-24(9-3-8(16)18-11(17)21-9)10(5)22-12-19-6(14)2-7(15)20-12/h2-3,5,10H,4H2,1H3,(H,25,26)(H2,17,18,21)(H,19,20,22). The van der Waals surface area contributed by atoms with Gasteiger partial charge in [-0.15, -0.1) is 0 Å². The fraction of sp³-hybridized carbons (Fsp3) is 0.308. The van der Waals surface area contributed by atoms with Crippen LogP contribution in [-0.2, 0) is 0 Å². The van der Waals surface area contributed by atoms with Gasteiger partial charge in [0.2, 0.25) is 11.9 Å². The maximum atomic E-state index is 11.3. The monoisotopic (exact) mass is 418 g/mol. The highest BCUT2D eigenvalue weighted by molar-refractivity contribution is 6.33. The molecule has 0 spiro atoms. The first-order valence-electron chi connectivity index (χ1n) is 7.23. The third-order valence-electron chi connectivity index (χ3n) is 3.82. The van der Waals surface area contributed by atoms with Gasteiger partial charge >= 0.3 is 6.09 Å². The lowest BCUT2D eigenvalue weighted by molar-refractivity contribution is 0.117. The van der Waals surface area contributed by atoms with Crippen molar-refractivity contribution in [3.05, 3.63) is 27.6 Å². The van der Waals surface area contributed by atoms with Crippen molar-refractivity contribution in [3.63, 3.8) is 0 Å². The van der Waals surface area contributed by atoms with E-state index < -0.39 is 18.3 Å². The number of hydrogen-bond donors (Lipinski definition) is 3. The Morgan fingerprint density at radius 1 is 1.23 bits per heavy atom. The van der Waals surface area contributed by atoms with E-state index in [0.717, 1.165) is 0 Å². The van der Waals surface area contributed by atoms with E-state index in [1.54, 1.807) is 4.90 Å². The summed E-state index contributed by atoms with van der Waals surface area (Å²) in [7, 11) is 1.46.